The molecular formula is C23H22N4O2S. The molecule has 1 saturated heterocycles. The summed E-state index contributed by atoms with van der Waals surface area (Å²) in [5, 5.41) is 12.7. The predicted molar refractivity (Wildman–Crippen MR) is 116 cm³/mol. The van der Waals surface area contributed by atoms with Crippen LogP contribution in [0, 0.1) is 17.4 Å². The van der Waals surface area contributed by atoms with Gasteiger partial charge in [-0.25, -0.2) is 4.98 Å². The van der Waals surface area contributed by atoms with Crippen molar-refractivity contribution >= 4 is 17.2 Å². The summed E-state index contributed by atoms with van der Waals surface area (Å²) in [5.74, 6) is 1.44. The highest BCUT2D eigenvalue weighted by Gasteiger charge is 2.37. The number of rotatable bonds is 5. The molecule has 0 spiro atoms. The van der Waals surface area contributed by atoms with Crippen molar-refractivity contribution < 1.29 is 9.53 Å². The van der Waals surface area contributed by atoms with Gasteiger partial charge < -0.3 is 15.0 Å². The third kappa shape index (κ3) is 4.00. The summed E-state index contributed by atoms with van der Waals surface area (Å²) in [6.45, 7) is 4.65. The second kappa shape index (κ2) is 8.56. The van der Waals surface area contributed by atoms with Crippen molar-refractivity contribution in [2.24, 2.45) is 5.92 Å². The number of carbonyl (C=O) groups is 1. The van der Waals surface area contributed by atoms with Crippen LogP contribution in [-0.4, -0.2) is 34.4 Å². The number of para-hydroxylation sites is 2. The first kappa shape index (κ1) is 19.9. The van der Waals surface area contributed by atoms with E-state index in [9.17, 15) is 10.1 Å². The van der Waals surface area contributed by atoms with Crippen molar-refractivity contribution in [3.8, 4) is 28.1 Å². The summed E-state index contributed by atoms with van der Waals surface area (Å²) in [4.78, 5) is 19.7. The second-order valence-corrected chi connectivity index (χ2v) is 8.44. The number of aromatic nitrogens is 1. The number of likely N-dealkylation sites (tertiary alicyclic amines) is 1. The van der Waals surface area contributed by atoms with Gasteiger partial charge in [0.05, 0.1) is 17.0 Å². The summed E-state index contributed by atoms with van der Waals surface area (Å²) in [5.41, 5.74) is 0.885. The number of nitrogens with one attached hydrogen (secondary N) is 1. The zero-order valence-electron chi connectivity index (χ0n) is 16.8. The lowest BCUT2D eigenvalue weighted by molar-refractivity contribution is 0.0923. The van der Waals surface area contributed by atoms with E-state index in [2.05, 4.69) is 16.5 Å². The van der Waals surface area contributed by atoms with Crippen molar-refractivity contribution in [2.75, 3.05) is 6.54 Å². The number of carbonyl (C=O) groups excluding carboxylic acids is 1. The Morgan fingerprint density at radius 2 is 1.93 bits per heavy atom. The maximum atomic E-state index is 12.8. The third-order valence-electron chi connectivity index (χ3n) is 5.36. The molecule has 1 aliphatic heterocycles. The van der Waals surface area contributed by atoms with Gasteiger partial charge in [0.25, 0.3) is 5.91 Å². The van der Waals surface area contributed by atoms with Crippen molar-refractivity contribution in [2.45, 2.75) is 25.9 Å². The zero-order valence-corrected chi connectivity index (χ0v) is 17.6. The first-order valence-electron chi connectivity index (χ1n) is 9.82. The fourth-order valence-corrected chi connectivity index (χ4v) is 4.59. The minimum absolute atomic E-state index is 0.0339. The molecule has 2 unspecified atom stereocenters. The average Bonchev–Trinajstić information content (AvgIpc) is 3.35. The summed E-state index contributed by atoms with van der Waals surface area (Å²) in [6.07, 6.45) is 3.90. The fraction of sp³-hybridized carbons (Fsp3) is 0.261. The Balaban J connectivity index is 1.52. The highest BCUT2D eigenvalue weighted by atomic mass is 32.1. The molecule has 0 aliphatic carbocycles. The van der Waals surface area contributed by atoms with Crippen molar-refractivity contribution in [1.29, 1.82) is 5.26 Å². The van der Waals surface area contributed by atoms with Crippen molar-refractivity contribution in [1.82, 2.24) is 15.2 Å². The van der Waals surface area contributed by atoms with Gasteiger partial charge >= 0.3 is 0 Å². The van der Waals surface area contributed by atoms with Gasteiger partial charge in [0.2, 0.25) is 0 Å². The van der Waals surface area contributed by atoms with Crippen molar-refractivity contribution in [3.05, 3.63) is 65.8 Å². The number of hydrogen-bond acceptors (Lipinski definition) is 6. The first-order chi connectivity index (χ1) is 14.6. The van der Waals surface area contributed by atoms with Crippen LogP contribution >= 0.6 is 11.3 Å². The molecule has 4 rings (SSSR count). The molecule has 1 fully saturated rings. The fourth-order valence-electron chi connectivity index (χ4n) is 3.75. The summed E-state index contributed by atoms with van der Waals surface area (Å²) in [7, 11) is 0. The number of amides is 1. The summed E-state index contributed by atoms with van der Waals surface area (Å²) in [6, 6.07) is 17.2. The molecule has 7 heteroatoms. The van der Waals surface area contributed by atoms with Crippen LogP contribution in [0.4, 0.5) is 0 Å². The van der Waals surface area contributed by atoms with Crippen LogP contribution < -0.4 is 10.1 Å². The Labute approximate surface area is 179 Å². The quantitative estimate of drug-likeness (QED) is 0.616. The zero-order chi connectivity index (χ0) is 21.1. The topological polar surface area (TPSA) is 78.3 Å². The van der Waals surface area contributed by atoms with Crippen LogP contribution in [0.25, 0.3) is 10.4 Å². The summed E-state index contributed by atoms with van der Waals surface area (Å²) >= 11 is 1.33. The molecule has 30 heavy (non-hydrogen) atoms. The molecule has 2 aromatic carbocycles. The van der Waals surface area contributed by atoms with Crippen molar-refractivity contribution in [3.63, 3.8) is 0 Å². The number of nitrogens with zero attached hydrogens (tertiary/aromatic N) is 3. The highest BCUT2D eigenvalue weighted by molar-refractivity contribution is 7.17. The van der Waals surface area contributed by atoms with Crippen LogP contribution in [0.1, 0.15) is 23.6 Å². The minimum Gasteiger partial charge on any atom is -0.457 e. The highest BCUT2D eigenvalue weighted by Crippen LogP contribution is 2.36. The van der Waals surface area contributed by atoms with E-state index in [0.29, 0.717) is 17.3 Å². The lowest BCUT2D eigenvalue weighted by atomic mass is 10.0. The molecule has 152 valence electrons. The van der Waals surface area contributed by atoms with Gasteiger partial charge in [0.1, 0.15) is 11.5 Å². The molecule has 2 heterocycles. The van der Waals surface area contributed by atoms with Crippen LogP contribution in [0.15, 0.2) is 60.8 Å². The van der Waals surface area contributed by atoms with Gasteiger partial charge in [-0.3, -0.25) is 4.79 Å². The molecule has 0 saturated carbocycles. The minimum atomic E-state index is -0.212. The Morgan fingerprint density at radius 1 is 1.20 bits per heavy atom. The van der Waals surface area contributed by atoms with Crippen LogP contribution in [-0.2, 0) is 0 Å². The standard InChI is InChI=1S/C23H22N4O2S/c1-15-13-27(14-24)16(2)21(15)26-22(28)23-25-12-20(30-23)18-10-6-7-11-19(18)29-17-8-4-3-5-9-17/h3-12,15-16,21H,13H2,1-2H3,(H,26,28)/t15?,16?,21-/m1/s1. The number of hydrogen-bond donors (Lipinski definition) is 1. The molecule has 1 aromatic heterocycles. The van der Waals surface area contributed by atoms with Gasteiger partial charge in [-0.05, 0) is 37.1 Å². The lowest BCUT2D eigenvalue weighted by Gasteiger charge is -2.21. The first-order valence-corrected chi connectivity index (χ1v) is 10.6. The number of nitriles is 1. The number of benzene rings is 2. The normalized spacial score (nSPS) is 20.6. The van der Waals surface area contributed by atoms with E-state index in [-0.39, 0.29) is 23.9 Å². The van der Waals surface area contributed by atoms with E-state index >= 15 is 0 Å². The van der Waals surface area contributed by atoms with E-state index in [1.807, 2.05) is 68.4 Å². The maximum absolute atomic E-state index is 12.8. The monoisotopic (exact) mass is 418 g/mol. The van der Waals surface area contributed by atoms with E-state index < -0.39 is 0 Å². The Morgan fingerprint density at radius 3 is 2.67 bits per heavy atom. The maximum Gasteiger partial charge on any atom is 0.280 e. The molecule has 0 bridgehead atoms. The predicted octanol–water partition coefficient (Wildman–Crippen LogP) is 4.52. The van der Waals surface area contributed by atoms with Gasteiger partial charge in [-0.2, -0.15) is 5.26 Å². The Kier molecular flexibility index (Phi) is 5.68. The number of ether oxygens (including phenoxy) is 1. The summed E-state index contributed by atoms with van der Waals surface area (Å²) < 4.78 is 6.04. The van der Waals surface area contributed by atoms with E-state index in [0.717, 1.165) is 16.2 Å². The molecular weight excluding hydrogens is 396 g/mol. The van der Waals surface area contributed by atoms with E-state index in [4.69, 9.17) is 4.74 Å². The largest absolute Gasteiger partial charge is 0.457 e. The van der Waals surface area contributed by atoms with E-state index in [1.165, 1.54) is 11.3 Å². The molecule has 3 aromatic rings. The molecule has 6 nitrogen and oxygen atoms in total. The van der Waals surface area contributed by atoms with Gasteiger partial charge in [0, 0.05) is 18.3 Å². The molecule has 0 radical (unpaired) electrons. The lowest BCUT2D eigenvalue weighted by Crippen LogP contribution is -2.44. The van der Waals surface area contributed by atoms with Crippen LogP contribution in [0.3, 0.4) is 0 Å². The van der Waals surface area contributed by atoms with E-state index in [1.54, 1.807) is 11.1 Å². The molecule has 1 N–H and O–H groups in total. The third-order valence-corrected chi connectivity index (χ3v) is 6.39. The molecule has 1 aliphatic rings. The van der Waals surface area contributed by atoms with Crippen LogP contribution in [0.5, 0.6) is 11.5 Å². The average molecular weight is 419 g/mol. The SMILES string of the molecule is CC1CN(C#N)C(C)[C@@H]1NC(=O)c1ncc(-c2ccccc2Oc2ccccc2)s1. The Hall–Kier alpha value is -3.37. The second-order valence-electron chi connectivity index (χ2n) is 7.41. The van der Waals surface area contributed by atoms with Gasteiger partial charge in [-0.1, -0.05) is 37.3 Å². The van der Waals surface area contributed by atoms with Gasteiger partial charge in [0.15, 0.2) is 11.2 Å². The van der Waals surface area contributed by atoms with Gasteiger partial charge in [-0.15, -0.1) is 11.3 Å². The molecule has 1 amide bonds. The number of thiazole rings is 1. The Bertz CT molecular complexity index is 1080. The smallest absolute Gasteiger partial charge is 0.280 e. The van der Waals surface area contributed by atoms with Crippen LogP contribution in [0.2, 0.25) is 0 Å². The molecule has 3 atom stereocenters.